The van der Waals surface area contributed by atoms with Crippen molar-refractivity contribution in [2.24, 2.45) is 0 Å². The second kappa shape index (κ2) is 11.3. The number of pyridine rings is 1. The molecule has 1 aromatic heterocycles. The van der Waals surface area contributed by atoms with Crippen LogP contribution in [0.3, 0.4) is 0 Å². The van der Waals surface area contributed by atoms with E-state index in [1.165, 1.54) is 31.5 Å². The number of nitrogens with zero attached hydrogens (tertiary/aromatic N) is 2. The predicted octanol–water partition coefficient (Wildman–Crippen LogP) is 6.39. The molecule has 1 heterocycles. The van der Waals surface area contributed by atoms with Crippen LogP contribution in [0.1, 0.15) is 27.0 Å². The maximum Gasteiger partial charge on any atom is 0.153 e. The zero-order valence-electron chi connectivity index (χ0n) is 19.2. The Balaban J connectivity index is 1.57. The second-order valence-electron chi connectivity index (χ2n) is 7.69. The number of aromatic nitrogens is 1. The van der Waals surface area contributed by atoms with Crippen molar-refractivity contribution in [3.05, 3.63) is 106 Å². The summed E-state index contributed by atoms with van der Waals surface area (Å²) < 4.78 is 31.8. The summed E-state index contributed by atoms with van der Waals surface area (Å²) in [6.07, 6.45) is 3.66. The first-order valence-electron chi connectivity index (χ1n) is 10.8. The minimum absolute atomic E-state index is 0.0686. The lowest BCUT2D eigenvalue weighted by Gasteiger charge is -2.16. The molecule has 0 radical (unpaired) electrons. The molecule has 0 atom stereocenters. The quantitative estimate of drug-likeness (QED) is 0.247. The second-order valence-corrected chi connectivity index (χ2v) is 8.09. The van der Waals surface area contributed by atoms with E-state index in [1.807, 2.05) is 12.1 Å². The van der Waals surface area contributed by atoms with Crippen LogP contribution in [-0.4, -0.2) is 18.4 Å². The van der Waals surface area contributed by atoms with Crippen molar-refractivity contribution in [1.29, 1.82) is 5.26 Å². The predicted molar refractivity (Wildman–Crippen MR) is 133 cm³/mol. The average Bonchev–Trinajstić information content (AvgIpc) is 2.91. The summed E-state index contributed by atoms with van der Waals surface area (Å²) in [5, 5.41) is 9.27. The normalized spacial score (nSPS) is 10.4. The highest BCUT2D eigenvalue weighted by Gasteiger charge is 2.16. The lowest BCUT2D eigenvalue weighted by molar-refractivity contribution is 0.111. The smallest absolute Gasteiger partial charge is 0.153 e. The summed E-state index contributed by atoms with van der Waals surface area (Å²) in [6.45, 7) is 0.155. The fraction of sp³-hybridized carbons (Fsp3) is 0.107. The topological polar surface area (TPSA) is 81.4 Å². The van der Waals surface area contributed by atoms with Crippen molar-refractivity contribution >= 4 is 17.9 Å². The number of aldehydes is 1. The molecule has 0 unspecified atom stereocenters. The van der Waals surface area contributed by atoms with Crippen molar-refractivity contribution in [1.82, 2.24) is 4.98 Å². The van der Waals surface area contributed by atoms with Crippen LogP contribution in [-0.2, 0) is 13.2 Å². The van der Waals surface area contributed by atoms with Crippen molar-refractivity contribution in [2.45, 2.75) is 13.2 Å². The molecule has 0 N–H and O–H groups in total. The number of methoxy groups -OCH3 is 1. The molecule has 0 aliphatic carbocycles. The molecule has 0 aliphatic heterocycles. The minimum atomic E-state index is -0.362. The zero-order valence-corrected chi connectivity index (χ0v) is 20.0. The standard InChI is InChI=1S/C28H20ClFN2O4/c1-34-28-20(5-4-7-23(28)22-6-2-3-8-25(22)30)17-36-27-11-26(21(15-33)10-24(27)29)35-16-19-9-18(12-31)13-32-14-19/h2-11,13-15H,16-17H2,1H3. The van der Waals surface area contributed by atoms with Gasteiger partial charge in [0.25, 0.3) is 0 Å². The maximum absolute atomic E-state index is 14.4. The Kier molecular flexibility index (Phi) is 7.79. The number of hydrogen-bond donors (Lipinski definition) is 0. The SMILES string of the molecule is COc1c(COc2cc(OCc3cncc(C#N)c3)c(C=O)cc2Cl)cccc1-c1ccccc1F. The molecule has 4 rings (SSSR count). The van der Waals surface area contributed by atoms with Crippen LogP contribution < -0.4 is 14.2 Å². The van der Waals surface area contributed by atoms with Crippen molar-refractivity contribution in [2.75, 3.05) is 7.11 Å². The van der Waals surface area contributed by atoms with Crippen LogP contribution in [0.5, 0.6) is 17.2 Å². The number of carbonyl (C=O) groups excluding carboxylic acids is 1. The molecule has 0 bridgehead atoms. The number of hydrogen-bond acceptors (Lipinski definition) is 6. The van der Waals surface area contributed by atoms with Crippen LogP contribution in [0, 0.1) is 17.1 Å². The van der Waals surface area contributed by atoms with E-state index in [-0.39, 0.29) is 35.4 Å². The molecule has 0 spiro atoms. The molecule has 0 aliphatic rings. The summed E-state index contributed by atoms with van der Waals surface area (Å²) >= 11 is 6.36. The van der Waals surface area contributed by atoms with Crippen molar-refractivity contribution < 1.29 is 23.4 Å². The lowest BCUT2D eigenvalue weighted by Crippen LogP contribution is -2.03. The maximum atomic E-state index is 14.4. The highest BCUT2D eigenvalue weighted by Crippen LogP contribution is 2.37. The monoisotopic (exact) mass is 502 g/mol. The number of halogens is 2. The zero-order chi connectivity index (χ0) is 25.5. The van der Waals surface area contributed by atoms with E-state index in [0.717, 1.165) is 0 Å². The largest absolute Gasteiger partial charge is 0.496 e. The third-order valence-corrected chi connectivity index (χ3v) is 5.65. The molecule has 0 amide bonds. The molecule has 0 saturated heterocycles. The fourth-order valence-electron chi connectivity index (χ4n) is 3.65. The van der Waals surface area contributed by atoms with Gasteiger partial charge in [-0.1, -0.05) is 48.0 Å². The Bertz CT molecular complexity index is 1450. The highest BCUT2D eigenvalue weighted by molar-refractivity contribution is 6.32. The van der Waals surface area contributed by atoms with Gasteiger partial charge in [-0.25, -0.2) is 4.39 Å². The number of para-hydroxylation sites is 1. The van der Waals surface area contributed by atoms with Crippen molar-refractivity contribution in [3.63, 3.8) is 0 Å². The Morgan fingerprint density at radius 2 is 1.78 bits per heavy atom. The number of benzene rings is 3. The molecule has 8 heteroatoms. The molecule has 3 aromatic carbocycles. The average molecular weight is 503 g/mol. The Morgan fingerprint density at radius 1 is 1.00 bits per heavy atom. The van der Waals surface area contributed by atoms with Gasteiger partial charge in [-0.05, 0) is 18.2 Å². The first-order valence-corrected chi connectivity index (χ1v) is 11.2. The van der Waals surface area contributed by atoms with Gasteiger partial charge in [0.05, 0.1) is 23.3 Å². The van der Waals surface area contributed by atoms with Gasteiger partial charge in [0.1, 0.15) is 42.3 Å². The number of nitriles is 1. The fourth-order valence-corrected chi connectivity index (χ4v) is 3.88. The van der Waals surface area contributed by atoms with E-state index in [4.69, 9.17) is 31.1 Å². The van der Waals surface area contributed by atoms with Gasteiger partial charge < -0.3 is 14.2 Å². The Labute approximate surface area is 212 Å². The van der Waals surface area contributed by atoms with E-state index in [1.54, 1.807) is 42.6 Å². The summed E-state index contributed by atoms with van der Waals surface area (Å²) in [7, 11) is 1.51. The van der Waals surface area contributed by atoms with Crippen molar-refractivity contribution in [3.8, 4) is 34.4 Å². The van der Waals surface area contributed by atoms with E-state index in [0.29, 0.717) is 45.6 Å². The van der Waals surface area contributed by atoms with Crippen LogP contribution in [0.2, 0.25) is 5.02 Å². The van der Waals surface area contributed by atoms with Gasteiger partial charge in [-0.2, -0.15) is 5.26 Å². The Morgan fingerprint density at radius 3 is 2.53 bits per heavy atom. The summed E-state index contributed by atoms with van der Waals surface area (Å²) in [5.74, 6) is 0.668. The van der Waals surface area contributed by atoms with Gasteiger partial charge in [0.15, 0.2) is 6.29 Å². The first-order chi connectivity index (χ1) is 17.5. The molecule has 180 valence electrons. The Hall–Kier alpha value is -4.41. The molecule has 6 nitrogen and oxygen atoms in total. The minimum Gasteiger partial charge on any atom is -0.496 e. The van der Waals surface area contributed by atoms with E-state index in [9.17, 15) is 9.18 Å². The molecule has 0 fully saturated rings. The van der Waals surface area contributed by atoms with E-state index < -0.39 is 0 Å². The van der Waals surface area contributed by atoms with Crippen LogP contribution in [0.15, 0.2) is 73.1 Å². The molecular weight excluding hydrogens is 483 g/mol. The van der Waals surface area contributed by atoms with Gasteiger partial charge in [-0.15, -0.1) is 0 Å². The molecular formula is C28H20ClFN2O4. The van der Waals surface area contributed by atoms with Gasteiger partial charge in [0.2, 0.25) is 0 Å². The van der Waals surface area contributed by atoms with Crippen LogP contribution in [0.4, 0.5) is 4.39 Å². The van der Waals surface area contributed by atoms with Gasteiger partial charge in [0, 0.05) is 40.7 Å². The third-order valence-electron chi connectivity index (χ3n) is 5.36. The third kappa shape index (κ3) is 5.45. The first kappa shape index (κ1) is 24.7. The summed E-state index contributed by atoms with van der Waals surface area (Å²) in [6, 6.07) is 18.5. The molecule has 4 aromatic rings. The highest BCUT2D eigenvalue weighted by atomic mass is 35.5. The summed E-state index contributed by atoms with van der Waals surface area (Å²) in [5.41, 5.74) is 2.99. The summed E-state index contributed by atoms with van der Waals surface area (Å²) in [4.78, 5) is 15.6. The van der Waals surface area contributed by atoms with Gasteiger partial charge in [-0.3, -0.25) is 9.78 Å². The van der Waals surface area contributed by atoms with Crippen LogP contribution >= 0.6 is 11.6 Å². The number of rotatable bonds is 9. The van der Waals surface area contributed by atoms with Crippen LogP contribution in [0.25, 0.3) is 11.1 Å². The number of carbonyl (C=O) groups is 1. The number of ether oxygens (including phenoxy) is 3. The lowest BCUT2D eigenvalue weighted by atomic mass is 10.0. The van der Waals surface area contributed by atoms with Gasteiger partial charge >= 0.3 is 0 Å². The van der Waals surface area contributed by atoms with E-state index in [2.05, 4.69) is 4.98 Å². The molecule has 0 saturated carbocycles. The van der Waals surface area contributed by atoms with E-state index >= 15 is 0 Å². The molecule has 36 heavy (non-hydrogen) atoms.